The van der Waals surface area contributed by atoms with Crippen LogP contribution in [0.5, 0.6) is 11.5 Å². The van der Waals surface area contributed by atoms with Crippen molar-refractivity contribution >= 4 is 17.5 Å². The highest BCUT2D eigenvalue weighted by Gasteiger charge is 2.34. The lowest BCUT2D eigenvalue weighted by Crippen LogP contribution is -2.31. The second-order valence-corrected chi connectivity index (χ2v) is 7.22. The third kappa shape index (κ3) is 3.16. The molecule has 1 aromatic heterocycles. The second-order valence-electron chi connectivity index (χ2n) is 7.22. The highest BCUT2D eigenvalue weighted by atomic mass is 16.6. The monoisotopic (exact) mass is 403 g/mol. The molecular formula is C22H21N5O3. The van der Waals surface area contributed by atoms with Gasteiger partial charge >= 0.3 is 0 Å². The highest BCUT2D eigenvalue weighted by molar-refractivity contribution is 6.06. The molecule has 3 aromatic rings. The van der Waals surface area contributed by atoms with Crippen LogP contribution in [0.15, 0.2) is 59.8 Å². The minimum atomic E-state index is -0.456. The number of ether oxygens (including phenoxy) is 2. The maximum absolute atomic E-state index is 13.3. The summed E-state index contributed by atoms with van der Waals surface area (Å²) in [4.78, 5) is 17.8. The lowest BCUT2D eigenvalue weighted by molar-refractivity contribution is -0.113. The number of carbonyl (C=O) groups is 1. The summed E-state index contributed by atoms with van der Waals surface area (Å²) in [6, 6.07) is 14.6. The first-order chi connectivity index (χ1) is 14.6. The summed E-state index contributed by atoms with van der Waals surface area (Å²) in [5.41, 5.74) is 2.88. The molecule has 152 valence electrons. The fourth-order valence-electron chi connectivity index (χ4n) is 3.81. The minimum absolute atomic E-state index is 0.204. The smallest absolute Gasteiger partial charge is 0.255 e. The second kappa shape index (κ2) is 7.22. The lowest BCUT2D eigenvalue weighted by atomic mass is 9.94. The summed E-state index contributed by atoms with van der Waals surface area (Å²) in [6.45, 7) is 4.72. The van der Waals surface area contributed by atoms with Crippen LogP contribution in [0.4, 0.5) is 11.6 Å². The number of aryl methyl sites for hydroxylation is 1. The zero-order valence-electron chi connectivity index (χ0n) is 16.7. The molecule has 1 unspecified atom stereocenters. The van der Waals surface area contributed by atoms with E-state index in [9.17, 15) is 4.79 Å². The van der Waals surface area contributed by atoms with Crippen molar-refractivity contribution in [2.75, 3.05) is 23.8 Å². The summed E-state index contributed by atoms with van der Waals surface area (Å²) >= 11 is 0. The Balaban J connectivity index is 1.59. The van der Waals surface area contributed by atoms with E-state index >= 15 is 0 Å². The van der Waals surface area contributed by atoms with Crippen LogP contribution in [0.3, 0.4) is 0 Å². The summed E-state index contributed by atoms with van der Waals surface area (Å²) in [5.74, 6) is 2.38. The predicted octanol–water partition coefficient (Wildman–Crippen LogP) is 3.29. The third-order valence-electron chi connectivity index (χ3n) is 5.12. The van der Waals surface area contributed by atoms with Crippen LogP contribution in [-0.4, -0.2) is 33.9 Å². The third-order valence-corrected chi connectivity index (χ3v) is 5.12. The Morgan fingerprint density at radius 2 is 1.87 bits per heavy atom. The van der Waals surface area contributed by atoms with Gasteiger partial charge in [0.1, 0.15) is 25.1 Å². The van der Waals surface area contributed by atoms with Gasteiger partial charge in [-0.25, -0.2) is 4.68 Å². The van der Waals surface area contributed by atoms with Crippen LogP contribution in [-0.2, 0) is 4.79 Å². The zero-order valence-corrected chi connectivity index (χ0v) is 16.7. The Labute approximate surface area is 173 Å². The van der Waals surface area contributed by atoms with Crippen LogP contribution in [0.25, 0.3) is 0 Å². The molecule has 0 spiro atoms. The van der Waals surface area contributed by atoms with Crippen LogP contribution in [0.2, 0.25) is 0 Å². The fourth-order valence-corrected chi connectivity index (χ4v) is 3.81. The van der Waals surface area contributed by atoms with E-state index in [4.69, 9.17) is 9.47 Å². The van der Waals surface area contributed by atoms with E-state index < -0.39 is 6.04 Å². The van der Waals surface area contributed by atoms with Gasteiger partial charge in [-0.3, -0.25) is 4.79 Å². The molecule has 2 aliphatic heterocycles. The standard InChI is InChI=1S/C22H21N5O3/c1-13-19(21(28)25-16-6-4-3-5-7-16)20(27-22(23-13)24-14(2)26-27)15-8-9-17-18(12-15)30-11-10-29-17/h3-9,12,20H,10-11H2,1-2H3,(H,25,28)(H,23,24,26). The normalized spacial score (nSPS) is 17.2. The van der Waals surface area contributed by atoms with E-state index in [0.717, 1.165) is 16.9 Å². The molecule has 8 nitrogen and oxygen atoms in total. The van der Waals surface area contributed by atoms with Gasteiger partial charge in [0.2, 0.25) is 5.95 Å². The van der Waals surface area contributed by atoms with Gasteiger partial charge in [-0.05, 0) is 43.7 Å². The molecule has 30 heavy (non-hydrogen) atoms. The number of amides is 1. The summed E-state index contributed by atoms with van der Waals surface area (Å²) in [7, 11) is 0. The number of aromatic nitrogens is 3. The van der Waals surface area contributed by atoms with Gasteiger partial charge in [0, 0.05) is 11.4 Å². The number of benzene rings is 2. The van der Waals surface area contributed by atoms with Crippen LogP contribution in [0.1, 0.15) is 24.4 Å². The molecule has 0 saturated heterocycles. The van der Waals surface area contributed by atoms with Gasteiger partial charge in [-0.2, -0.15) is 10.1 Å². The molecule has 2 N–H and O–H groups in total. The van der Waals surface area contributed by atoms with Crippen LogP contribution < -0.4 is 20.1 Å². The fraction of sp³-hybridized carbons (Fsp3) is 0.227. The van der Waals surface area contributed by atoms with Crippen LogP contribution in [0, 0.1) is 6.92 Å². The number of hydrogen-bond donors (Lipinski definition) is 2. The summed E-state index contributed by atoms with van der Waals surface area (Å²) < 4.78 is 13.2. The molecule has 2 aliphatic rings. The van der Waals surface area contributed by atoms with Crippen molar-refractivity contribution in [3.63, 3.8) is 0 Å². The number of allylic oxidation sites excluding steroid dienone is 1. The maximum Gasteiger partial charge on any atom is 0.255 e. The van der Waals surface area contributed by atoms with Crippen molar-refractivity contribution in [2.45, 2.75) is 19.9 Å². The molecule has 5 rings (SSSR count). The molecule has 0 radical (unpaired) electrons. The van der Waals surface area contributed by atoms with Gasteiger partial charge < -0.3 is 20.1 Å². The molecule has 3 heterocycles. The van der Waals surface area contributed by atoms with E-state index in [0.29, 0.717) is 42.1 Å². The largest absolute Gasteiger partial charge is 0.486 e. The lowest BCUT2D eigenvalue weighted by Gasteiger charge is -2.29. The molecule has 1 atom stereocenters. The van der Waals surface area contributed by atoms with Crippen molar-refractivity contribution in [1.29, 1.82) is 0 Å². The SMILES string of the molecule is CC1=C(C(=O)Nc2ccccc2)C(c2ccc3c(c2)OCCO3)n2nc(C)nc2N1. The van der Waals surface area contributed by atoms with E-state index in [1.165, 1.54) is 0 Å². The highest BCUT2D eigenvalue weighted by Crippen LogP contribution is 2.39. The number of nitrogens with zero attached hydrogens (tertiary/aromatic N) is 3. The Kier molecular flexibility index (Phi) is 4.39. The van der Waals surface area contributed by atoms with E-state index in [-0.39, 0.29) is 5.91 Å². The van der Waals surface area contributed by atoms with Crippen molar-refractivity contribution < 1.29 is 14.3 Å². The molecule has 0 aliphatic carbocycles. The number of rotatable bonds is 3. The number of carbonyl (C=O) groups excluding carboxylic acids is 1. The number of anilines is 2. The van der Waals surface area contributed by atoms with E-state index in [1.54, 1.807) is 4.68 Å². The topological polar surface area (TPSA) is 90.3 Å². The molecular weight excluding hydrogens is 382 g/mol. The maximum atomic E-state index is 13.3. The van der Waals surface area contributed by atoms with Gasteiger partial charge in [0.15, 0.2) is 11.5 Å². The summed E-state index contributed by atoms with van der Waals surface area (Å²) in [6.07, 6.45) is 0. The molecule has 2 aromatic carbocycles. The number of nitrogens with one attached hydrogen (secondary N) is 2. The first-order valence-corrected chi connectivity index (χ1v) is 9.77. The van der Waals surface area contributed by atoms with Gasteiger partial charge in [0.05, 0.1) is 5.57 Å². The van der Waals surface area contributed by atoms with Crippen molar-refractivity contribution in [3.05, 3.63) is 71.2 Å². The van der Waals surface area contributed by atoms with Crippen molar-refractivity contribution in [3.8, 4) is 11.5 Å². The summed E-state index contributed by atoms with van der Waals surface area (Å²) in [5, 5.41) is 10.8. The first-order valence-electron chi connectivity index (χ1n) is 9.77. The Morgan fingerprint density at radius 1 is 1.10 bits per heavy atom. The average molecular weight is 403 g/mol. The van der Waals surface area contributed by atoms with Crippen molar-refractivity contribution in [2.24, 2.45) is 0 Å². The number of fused-ring (bicyclic) bond motifs is 2. The zero-order chi connectivity index (χ0) is 20.7. The number of hydrogen-bond acceptors (Lipinski definition) is 6. The van der Waals surface area contributed by atoms with Gasteiger partial charge in [-0.1, -0.05) is 24.3 Å². The average Bonchev–Trinajstić information content (AvgIpc) is 3.12. The molecule has 8 heteroatoms. The molecule has 0 saturated carbocycles. The van der Waals surface area contributed by atoms with E-state index in [2.05, 4.69) is 20.7 Å². The predicted molar refractivity (Wildman–Crippen MR) is 112 cm³/mol. The van der Waals surface area contributed by atoms with E-state index in [1.807, 2.05) is 62.4 Å². The number of para-hydroxylation sites is 1. The molecule has 1 amide bonds. The Bertz CT molecular complexity index is 1150. The Morgan fingerprint density at radius 3 is 2.67 bits per heavy atom. The minimum Gasteiger partial charge on any atom is -0.486 e. The van der Waals surface area contributed by atoms with Gasteiger partial charge in [-0.15, -0.1) is 0 Å². The van der Waals surface area contributed by atoms with Crippen LogP contribution >= 0.6 is 0 Å². The first kappa shape index (κ1) is 18.2. The van der Waals surface area contributed by atoms with Gasteiger partial charge in [0.25, 0.3) is 5.91 Å². The van der Waals surface area contributed by atoms with Crippen molar-refractivity contribution in [1.82, 2.24) is 14.8 Å². The molecule has 0 bridgehead atoms. The quantitative estimate of drug-likeness (QED) is 0.698. The Hall–Kier alpha value is -3.81. The molecule has 0 fully saturated rings.